The van der Waals surface area contributed by atoms with Crippen LogP contribution in [0.4, 0.5) is 0 Å². The molecular weight excluding hydrogens is 352 g/mol. The maximum atomic E-state index is 12.2. The quantitative estimate of drug-likeness (QED) is 0.740. The molecule has 1 amide bonds. The first-order valence-electron chi connectivity index (χ1n) is 9.81. The summed E-state index contributed by atoms with van der Waals surface area (Å²) in [5.41, 5.74) is 8.63. The molecule has 2 heterocycles. The third-order valence-corrected chi connectivity index (χ3v) is 5.48. The van der Waals surface area contributed by atoms with Crippen molar-refractivity contribution < 1.29 is 9.53 Å². The van der Waals surface area contributed by atoms with Gasteiger partial charge in [0, 0.05) is 32.1 Å². The first kappa shape index (κ1) is 18.5. The predicted molar refractivity (Wildman–Crippen MR) is 110 cm³/mol. The molecule has 0 radical (unpaired) electrons. The summed E-state index contributed by atoms with van der Waals surface area (Å²) in [6, 6.07) is 16.5. The Morgan fingerprint density at radius 2 is 1.86 bits per heavy atom. The van der Waals surface area contributed by atoms with Gasteiger partial charge >= 0.3 is 0 Å². The molecule has 6 heteroatoms. The molecule has 3 aromatic rings. The zero-order chi connectivity index (χ0) is 19.5. The second kappa shape index (κ2) is 8.02. The van der Waals surface area contributed by atoms with Crippen LogP contribution in [-0.2, 0) is 4.79 Å². The lowest BCUT2D eigenvalue weighted by molar-refractivity contribution is -0.132. The Labute approximate surface area is 164 Å². The molecule has 1 aliphatic rings. The molecule has 2 aromatic carbocycles. The van der Waals surface area contributed by atoms with Gasteiger partial charge in [0.2, 0.25) is 5.91 Å². The molecule has 146 valence electrons. The first-order chi connectivity index (χ1) is 13.7. The Bertz CT molecular complexity index is 974. The Kier molecular flexibility index (Phi) is 5.30. The summed E-state index contributed by atoms with van der Waals surface area (Å²) >= 11 is 0. The first-order valence-corrected chi connectivity index (χ1v) is 9.81. The molecule has 1 saturated heterocycles. The minimum absolute atomic E-state index is 0.154. The number of hydrogen-bond acceptors (Lipinski definition) is 4. The van der Waals surface area contributed by atoms with Gasteiger partial charge in [0.05, 0.1) is 23.7 Å². The molecule has 1 aliphatic heterocycles. The standard InChI is InChI=1S/C22H26N4O2/c1-28-20-9-5-2-6-17(20)22-24-18-7-3-4-8-19(18)26(22)16-11-14-25(15-12-16)21(27)10-13-23/h2-9,16H,10-15,23H2,1H3. The van der Waals surface area contributed by atoms with Crippen molar-refractivity contribution >= 4 is 16.9 Å². The van der Waals surface area contributed by atoms with Crippen molar-refractivity contribution in [2.45, 2.75) is 25.3 Å². The van der Waals surface area contributed by atoms with Crippen LogP contribution in [0.15, 0.2) is 48.5 Å². The van der Waals surface area contributed by atoms with E-state index < -0.39 is 0 Å². The third kappa shape index (κ3) is 3.36. The van der Waals surface area contributed by atoms with Crippen LogP contribution in [0, 0.1) is 0 Å². The summed E-state index contributed by atoms with van der Waals surface area (Å²) in [5.74, 6) is 1.89. The Hall–Kier alpha value is -2.86. The number of methoxy groups -OCH3 is 1. The number of nitrogens with two attached hydrogens (primary N) is 1. The number of para-hydroxylation sites is 3. The van der Waals surface area contributed by atoms with E-state index in [0.29, 0.717) is 13.0 Å². The van der Waals surface area contributed by atoms with E-state index in [9.17, 15) is 4.79 Å². The van der Waals surface area contributed by atoms with Crippen LogP contribution in [0.5, 0.6) is 5.75 Å². The highest BCUT2D eigenvalue weighted by molar-refractivity contribution is 5.82. The van der Waals surface area contributed by atoms with Crippen molar-refractivity contribution in [3.63, 3.8) is 0 Å². The summed E-state index contributed by atoms with van der Waals surface area (Å²) in [4.78, 5) is 19.1. The fourth-order valence-corrected chi connectivity index (χ4v) is 4.09. The summed E-state index contributed by atoms with van der Waals surface area (Å²) in [7, 11) is 1.69. The summed E-state index contributed by atoms with van der Waals surface area (Å²) in [6.07, 6.45) is 2.22. The average Bonchev–Trinajstić information content (AvgIpc) is 3.13. The molecule has 4 rings (SSSR count). The number of carbonyl (C=O) groups is 1. The van der Waals surface area contributed by atoms with Crippen LogP contribution in [-0.4, -0.2) is 47.1 Å². The van der Waals surface area contributed by atoms with Crippen LogP contribution in [0.3, 0.4) is 0 Å². The topological polar surface area (TPSA) is 73.4 Å². The fourth-order valence-electron chi connectivity index (χ4n) is 4.09. The minimum atomic E-state index is 0.154. The van der Waals surface area contributed by atoms with Gasteiger partial charge in [0.15, 0.2) is 0 Å². The van der Waals surface area contributed by atoms with Crippen LogP contribution in [0.1, 0.15) is 25.3 Å². The summed E-state index contributed by atoms with van der Waals surface area (Å²) < 4.78 is 7.93. The second-order valence-electron chi connectivity index (χ2n) is 7.15. The monoisotopic (exact) mass is 378 g/mol. The highest BCUT2D eigenvalue weighted by atomic mass is 16.5. The number of imidazole rings is 1. The minimum Gasteiger partial charge on any atom is -0.496 e. The van der Waals surface area contributed by atoms with E-state index in [1.165, 1.54) is 0 Å². The highest BCUT2D eigenvalue weighted by Crippen LogP contribution is 2.36. The van der Waals surface area contributed by atoms with Crippen molar-refractivity contribution in [2.75, 3.05) is 26.7 Å². The van der Waals surface area contributed by atoms with Crippen LogP contribution in [0.2, 0.25) is 0 Å². The maximum absolute atomic E-state index is 12.2. The number of ether oxygens (including phenoxy) is 1. The normalized spacial score (nSPS) is 15.1. The van der Waals surface area contributed by atoms with Crippen LogP contribution in [0.25, 0.3) is 22.4 Å². The fraction of sp³-hybridized carbons (Fsp3) is 0.364. The second-order valence-corrected chi connectivity index (χ2v) is 7.15. The largest absolute Gasteiger partial charge is 0.496 e. The number of carbonyl (C=O) groups excluding carboxylic acids is 1. The molecule has 28 heavy (non-hydrogen) atoms. The molecule has 2 N–H and O–H groups in total. The van der Waals surface area contributed by atoms with E-state index in [1.54, 1.807) is 7.11 Å². The molecule has 6 nitrogen and oxygen atoms in total. The number of aromatic nitrogens is 2. The third-order valence-electron chi connectivity index (χ3n) is 5.48. The van der Waals surface area contributed by atoms with Crippen LogP contribution >= 0.6 is 0 Å². The van der Waals surface area contributed by atoms with Gasteiger partial charge < -0.3 is 19.9 Å². The van der Waals surface area contributed by atoms with Crippen molar-refractivity contribution in [1.82, 2.24) is 14.5 Å². The number of piperidine rings is 1. The number of fused-ring (bicyclic) bond motifs is 1. The van der Waals surface area contributed by atoms with E-state index in [4.69, 9.17) is 15.5 Å². The van der Waals surface area contributed by atoms with Crippen molar-refractivity contribution in [3.8, 4) is 17.1 Å². The number of benzene rings is 2. The van der Waals surface area contributed by atoms with Gasteiger partial charge in [-0.1, -0.05) is 24.3 Å². The highest BCUT2D eigenvalue weighted by Gasteiger charge is 2.27. The Balaban J connectivity index is 1.72. The van der Waals surface area contributed by atoms with Gasteiger partial charge in [0.25, 0.3) is 0 Å². The zero-order valence-electron chi connectivity index (χ0n) is 16.2. The lowest BCUT2D eigenvalue weighted by atomic mass is 10.0. The molecule has 1 aromatic heterocycles. The molecule has 0 atom stereocenters. The lowest BCUT2D eigenvalue weighted by Gasteiger charge is -2.33. The van der Waals surface area contributed by atoms with Crippen LogP contribution < -0.4 is 10.5 Å². The van der Waals surface area contributed by atoms with E-state index in [0.717, 1.165) is 54.1 Å². The van der Waals surface area contributed by atoms with Crippen molar-refractivity contribution in [1.29, 1.82) is 0 Å². The van der Waals surface area contributed by atoms with Gasteiger partial charge in [-0.25, -0.2) is 4.98 Å². The average molecular weight is 378 g/mol. The molecule has 1 fully saturated rings. The number of rotatable bonds is 5. The molecule has 0 unspecified atom stereocenters. The van der Waals surface area contributed by atoms with E-state index in [1.807, 2.05) is 41.3 Å². The van der Waals surface area contributed by atoms with E-state index in [2.05, 4.69) is 16.7 Å². The number of amides is 1. The Morgan fingerprint density at radius 3 is 2.61 bits per heavy atom. The van der Waals surface area contributed by atoms with Crippen molar-refractivity contribution in [2.24, 2.45) is 5.73 Å². The molecule has 0 aliphatic carbocycles. The molecule has 0 saturated carbocycles. The number of nitrogens with zero attached hydrogens (tertiary/aromatic N) is 3. The lowest BCUT2D eigenvalue weighted by Crippen LogP contribution is -2.39. The van der Waals surface area contributed by atoms with E-state index in [-0.39, 0.29) is 11.9 Å². The molecule has 0 bridgehead atoms. The van der Waals surface area contributed by atoms with E-state index >= 15 is 0 Å². The summed E-state index contributed by atoms with van der Waals surface area (Å²) in [6.45, 7) is 1.91. The van der Waals surface area contributed by atoms with Gasteiger partial charge in [-0.05, 0) is 37.1 Å². The summed E-state index contributed by atoms with van der Waals surface area (Å²) in [5, 5.41) is 0. The Morgan fingerprint density at radius 1 is 1.14 bits per heavy atom. The molecule has 0 spiro atoms. The number of likely N-dealkylation sites (tertiary alicyclic amines) is 1. The zero-order valence-corrected chi connectivity index (χ0v) is 16.2. The smallest absolute Gasteiger partial charge is 0.223 e. The van der Waals surface area contributed by atoms with Gasteiger partial charge in [-0.2, -0.15) is 0 Å². The van der Waals surface area contributed by atoms with Gasteiger partial charge in [0.1, 0.15) is 11.6 Å². The predicted octanol–water partition coefficient (Wildman–Crippen LogP) is 3.22. The number of hydrogen-bond donors (Lipinski definition) is 1. The molecular formula is C22H26N4O2. The van der Waals surface area contributed by atoms with Gasteiger partial charge in [-0.3, -0.25) is 4.79 Å². The van der Waals surface area contributed by atoms with Crippen molar-refractivity contribution in [3.05, 3.63) is 48.5 Å². The van der Waals surface area contributed by atoms with Gasteiger partial charge in [-0.15, -0.1) is 0 Å². The SMILES string of the molecule is COc1ccccc1-c1nc2ccccc2n1C1CCN(C(=O)CCN)CC1. The maximum Gasteiger partial charge on any atom is 0.223 e.